The monoisotopic (exact) mass is 262 g/mol. The van der Waals surface area contributed by atoms with Crippen LogP contribution >= 0.6 is 11.6 Å². The summed E-state index contributed by atoms with van der Waals surface area (Å²) in [5, 5.41) is 6.58. The molecule has 4 nitrogen and oxygen atoms in total. The molecular weight excluding hydrogens is 248 g/mol. The molecule has 18 heavy (non-hydrogen) atoms. The van der Waals surface area contributed by atoms with Crippen molar-refractivity contribution in [2.45, 2.75) is 13.3 Å². The molecular formula is C13H15ClN4. The van der Waals surface area contributed by atoms with E-state index >= 15 is 0 Å². The zero-order valence-corrected chi connectivity index (χ0v) is 11.1. The molecule has 1 aromatic heterocycles. The molecule has 0 aliphatic heterocycles. The highest BCUT2D eigenvalue weighted by Crippen LogP contribution is 2.19. The lowest BCUT2D eigenvalue weighted by Gasteiger charge is -2.13. The normalized spacial score (nSPS) is 17.2. The fourth-order valence-corrected chi connectivity index (χ4v) is 1.78. The zero-order chi connectivity index (χ0) is 13.0. The number of halogens is 1. The number of hydrogen-bond donors (Lipinski definition) is 2. The van der Waals surface area contributed by atoms with E-state index < -0.39 is 0 Å². The van der Waals surface area contributed by atoms with Gasteiger partial charge in [-0.05, 0) is 42.7 Å². The van der Waals surface area contributed by atoms with Crippen LogP contribution in [-0.2, 0) is 0 Å². The summed E-state index contributed by atoms with van der Waals surface area (Å²) >= 11 is 5.73. The average Bonchev–Trinajstić information content (AvgIpc) is 2.39. The van der Waals surface area contributed by atoms with Crippen molar-refractivity contribution in [3.63, 3.8) is 0 Å². The fourth-order valence-electron chi connectivity index (χ4n) is 1.63. The SMILES string of the molecule is CN/C(C)=C1/C=CC(Nc2ccnc(Cl)n2)=CC1. The van der Waals surface area contributed by atoms with E-state index in [-0.39, 0.29) is 5.28 Å². The molecule has 0 spiro atoms. The van der Waals surface area contributed by atoms with Crippen LogP contribution in [0.2, 0.25) is 5.28 Å². The second-order valence-corrected chi connectivity index (χ2v) is 4.27. The zero-order valence-electron chi connectivity index (χ0n) is 10.4. The molecule has 1 heterocycles. The average molecular weight is 263 g/mol. The second-order valence-electron chi connectivity index (χ2n) is 3.93. The van der Waals surface area contributed by atoms with Gasteiger partial charge < -0.3 is 10.6 Å². The summed E-state index contributed by atoms with van der Waals surface area (Å²) in [4.78, 5) is 7.92. The molecule has 0 amide bonds. The van der Waals surface area contributed by atoms with E-state index in [0.29, 0.717) is 5.82 Å². The third-order valence-electron chi connectivity index (χ3n) is 2.76. The number of aromatic nitrogens is 2. The van der Waals surface area contributed by atoms with E-state index in [1.807, 2.05) is 13.1 Å². The van der Waals surface area contributed by atoms with Gasteiger partial charge in [0, 0.05) is 24.6 Å². The lowest BCUT2D eigenvalue weighted by molar-refractivity contribution is 0.951. The highest BCUT2D eigenvalue weighted by Gasteiger charge is 2.05. The van der Waals surface area contributed by atoms with Crippen LogP contribution in [0.4, 0.5) is 5.82 Å². The minimum absolute atomic E-state index is 0.243. The predicted octanol–water partition coefficient (Wildman–Crippen LogP) is 2.88. The minimum atomic E-state index is 0.243. The molecule has 0 saturated carbocycles. The van der Waals surface area contributed by atoms with E-state index in [1.165, 1.54) is 11.3 Å². The first-order valence-electron chi connectivity index (χ1n) is 5.70. The number of nitrogens with one attached hydrogen (secondary N) is 2. The van der Waals surface area contributed by atoms with Gasteiger partial charge >= 0.3 is 0 Å². The maximum Gasteiger partial charge on any atom is 0.224 e. The largest absolute Gasteiger partial charge is 0.391 e. The summed E-state index contributed by atoms with van der Waals surface area (Å²) in [6.07, 6.45) is 8.75. The molecule has 0 aromatic carbocycles. The first kappa shape index (κ1) is 12.6. The predicted molar refractivity (Wildman–Crippen MR) is 74.3 cm³/mol. The van der Waals surface area contributed by atoms with Gasteiger partial charge in [-0.25, -0.2) is 9.97 Å². The van der Waals surface area contributed by atoms with E-state index in [2.05, 4.69) is 39.7 Å². The Morgan fingerprint density at radius 2 is 2.22 bits per heavy atom. The van der Waals surface area contributed by atoms with Gasteiger partial charge in [0.2, 0.25) is 5.28 Å². The van der Waals surface area contributed by atoms with Crippen LogP contribution in [-0.4, -0.2) is 17.0 Å². The molecule has 94 valence electrons. The van der Waals surface area contributed by atoms with E-state index in [4.69, 9.17) is 11.6 Å². The lowest BCUT2D eigenvalue weighted by Crippen LogP contribution is -2.07. The smallest absolute Gasteiger partial charge is 0.224 e. The molecule has 0 atom stereocenters. The molecule has 5 heteroatoms. The summed E-state index contributed by atoms with van der Waals surface area (Å²) in [5.41, 5.74) is 3.48. The van der Waals surface area contributed by atoms with Crippen LogP contribution < -0.4 is 10.6 Å². The fraction of sp³-hybridized carbons (Fsp3) is 0.231. The number of allylic oxidation sites excluding steroid dienone is 5. The Labute approximate surface area is 111 Å². The van der Waals surface area contributed by atoms with Crippen molar-refractivity contribution in [1.29, 1.82) is 0 Å². The standard InChI is InChI=1S/C13H15ClN4/c1-9(15-2)10-3-5-11(6-4-10)17-12-7-8-16-13(14)18-12/h3,5-8,15H,4H2,1-2H3,(H,16,17,18)/b10-9-. The summed E-state index contributed by atoms with van der Waals surface area (Å²) in [6, 6.07) is 1.78. The first-order valence-corrected chi connectivity index (χ1v) is 6.08. The molecule has 1 aromatic rings. The van der Waals surface area contributed by atoms with E-state index in [0.717, 1.165) is 12.1 Å². The lowest BCUT2D eigenvalue weighted by atomic mass is 10.0. The molecule has 0 bridgehead atoms. The van der Waals surface area contributed by atoms with Crippen molar-refractivity contribution in [2.75, 3.05) is 12.4 Å². The summed E-state index contributed by atoms with van der Waals surface area (Å²) in [7, 11) is 1.93. The Hall–Kier alpha value is -1.81. The van der Waals surface area contributed by atoms with Crippen LogP contribution in [0, 0.1) is 0 Å². The Bertz CT molecular complexity index is 532. The maximum absolute atomic E-state index is 5.73. The third kappa shape index (κ3) is 3.11. The van der Waals surface area contributed by atoms with E-state index in [9.17, 15) is 0 Å². The minimum Gasteiger partial charge on any atom is -0.391 e. The van der Waals surface area contributed by atoms with Crippen molar-refractivity contribution in [1.82, 2.24) is 15.3 Å². The van der Waals surface area contributed by atoms with Crippen LogP contribution in [0.3, 0.4) is 0 Å². The van der Waals surface area contributed by atoms with Gasteiger partial charge in [0.25, 0.3) is 0 Å². The van der Waals surface area contributed by atoms with Gasteiger partial charge in [0.1, 0.15) is 5.82 Å². The van der Waals surface area contributed by atoms with Crippen LogP contribution in [0.15, 0.2) is 47.5 Å². The molecule has 1 aliphatic carbocycles. The molecule has 0 unspecified atom stereocenters. The van der Waals surface area contributed by atoms with Gasteiger partial charge in [0.15, 0.2) is 0 Å². The summed E-state index contributed by atoms with van der Waals surface area (Å²) in [5.74, 6) is 0.698. The Morgan fingerprint density at radius 3 is 2.83 bits per heavy atom. The Kier molecular flexibility index (Phi) is 3.99. The van der Waals surface area contributed by atoms with Gasteiger partial charge in [0.05, 0.1) is 0 Å². The van der Waals surface area contributed by atoms with Crippen molar-refractivity contribution in [3.05, 3.63) is 52.7 Å². The summed E-state index contributed by atoms with van der Waals surface area (Å²) in [6.45, 7) is 2.07. The molecule has 0 saturated heterocycles. The number of hydrogen-bond acceptors (Lipinski definition) is 4. The molecule has 1 aliphatic rings. The highest BCUT2D eigenvalue weighted by molar-refractivity contribution is 6.28. The van der Waals surface area contributed by atoms with Gasteiger partial charge in [-0.15, -0.1) is 0 Å². The van der Waals surface area contributed by atoms with Gasteiger partial charge in [-0.2, -0.15) is 0 Å². The molecule has 2 N–H and O–H groups in total. The van der Waals surface area contributed by atoms with Gasteiger partial charge in [-0.3, -0.25) is 0 Å². The summed E-state index contributed by atoms with van der Waals surface area (Å²) < 4.78 is 0. The van der Waals surface area contributed by atoms with Crippen molar-refractivity contribution >= 4 is 17.4 Å². The molecule has 0 radical (unpaired) electrons. The number of nitrogens with zero attached hydrogens (tertiary/aromatic N) is 2. The van der Waals surface area contributed by atoms with Crippen LogP contribution in [0.25, 0.3) is 0 Å². The number of anilines is 1. The topological polar surface area (TPSA) is 49.8 Å². The van der Waals surface area contributed by atoms with E-state index in [1.54, 1.807) is 12.3 Å². The molecule has 0 fully saturated rings. The second kappa shape index (κ2) is 5.69. The third-order valence-corrected chi connectivity index (χ3v) is 2.94. The Morgan fingerprint density at radius 1 is 1.39 bits per heavy atom. The Balaban J connectivity index is 2.06. The number of rotatable bonds is 3. The van der Waals surface area contributed by atoms with Crippen molar-refractivity contribution < 1.29 is 0 Å². The quantitative estimate of drug-likeness (QED) is 0.823. The molecule has 2 rings (SSSR count). The van der Waals surface area contributed by atoms with Crippen molar-refractivity contribution in [2.24, 2.45) is 0 Å². The van der Waals surface area contributed by atoms with Crippen LogP contribution in [0.5, 0.6) is 0 Å². The van der Waals surface area contributed by atoms with Crippen LogP contribution in [0.1, 0.15) is 13.3 Å². The van der Waals surface area contributed by atoms with Gasteiger partial charge in [-0.1, -0.05) is 12.2 Å². The first-order chi connectivity index (χ1) is 8.69. The van der Waals surface area contributed by atoms with Crippen molar-refractivity contribution in [3.8, 4) is 0 Å². The highest BCUT2D eigenvalue weighted by atomic mass is 35.5. The maximum atomic E-state index is 5.73.